The van der Waals surface area contributed by atoms with Crippen molar-refractivity contribution in [1.82, 2.24) is 19.7 Å². The third-order valence-corrected chi connectivity index (χ3v) is 3.52. The van der Waals surface area contributed by atoms with Gasteiger partial charge in [0.05, 0.1) is 18.4 Å². The molecule has 3 aromatic rings. The quantitative estimate of drug-likeness (QED) is 0.781. The first-order chi connectivity index (χ1) is 11.5. The smallest absolute Gasteiger partial charge is 0.229 e. The van der Waals surface area contributed by atoms with E-state index in [4.69, 9.17) is 0 Å². The number of anilines is 3. The number of hydrogen-bond acceptors (Lipinski definition) is 5. The summed E-state index contributed by atoms with van der Waals surface area (Å²) in [4.78, 5) is 10.7. The van der Waals surface area contributed by atoms with Crippen molar-refractivity contribution in [2.75, 3.05) is 24.3 Å². The van der Waals surface area contributed by atoms with Crippen molar-refractivity contribution in [2.24, 2.45) is 0 Å². The maximum absolute atomic E-state index is 12.9. The summed E-state index contributed by atoms with van der Waals surface area (Å²) in [5, 5.41) is 7.45. The number of aromatic nitrogens is 4. The Morgan fingerprint density at radius 1 is 1.17 bits per heavy atom. The minimum Gasteiger partial charge on any atom is -0.362 e. The van der Waals surface area contributed by atoms with E-state index < -0.39 is 0 Å². The van der Waals surface area contributed by atoms with E-state index in [0.717, 1.165) is 22.6 Å². The van der Waals surface area contributed by atoms with E-state index in [9.17, 15) is 4.39 Å². The first-order valence-corrected chi connectivity index (χ1v) is 7.56. The molecule has 0 unspecified atom stereocenters. The molecular formula is C17H19FN6. The van der Waals surface area contributed by atoms with Crippen LogP contribution in [0.4, 0.5) is 21.8 Å². The first kappa shape index (κ1) is 15.9. The number of nitrogens with zero attached hydrogens (tertiary/aromatic N) is 5. The third-order valence-electron chi connectivity index (χ3n) is 3.52. The lowest BCUT2D eigenvalue weighted by atomic mass is 10.2. The summed E-state index contributed by atoms with van der Waals surface area (Å²) < 4.78 is 14.7. The second kappa shape index (κ2) is 6.66. The molecule has 6 nitrogen and oxygen atoms in total. The van der Waals surface area contributed by atoms with Crippen LogP contribution in [0.25, 0.3) is 0 Å². The summed E-state index contributed by atoms with van der Waals surface area (Å²) in [7, 11) is 3.89. The van der Waals surface area contributed by atoms with E-state index in [1.807, 2.05) is 32.1 Å². The van der Waals surface area contributed by atoms with Crippen LogP contribution in [0.5, 0.6) is 0 Å². The molecule has 0 radical (unpaired) electrons. The molecule has 0 bridgehead atoms. The van der Waals surface area contributed by atoms with E-state index in [-0.39, 0.29) is 5.82 Å². The van der Waals surface area contributed by atoms with Crippen LogP contribution in [-0.4, -0.2) is 33.8 Å². The van der Waals surface area contributed by atoms with Gasteiger partial charge in [-0.2, -0.15) is 10.1 Å². The number of rotatable bonds is 5. The van der Waals surface area contributed by atoms with E-state index in [2.05, 4.69) is 20.4 Å². The fraction of sp³-hybridized carbons (Fsp3) is 0.235. The molecule has 0 amide bonds. The van der Waals surface area contributed by atoms with Crippen LogP contribution in [0.1, 0.15) is 11.1 Å². The predicted molar refractivity (Wildman–Crippen MR) is 92.1 cm³/mol. The zero-order valence-corrected chi connectivity index (χ0v) is 13.9. The highest BCUT2D eigenvalue weighted by atomic mass is 19.1. The van der Waals surface area contributed by atoms with Gasteiger partial charge in [-0.25, -0.2) is 9.37 Å². The van der Waals surface area contributed by atoms with Gasteiger partial charge >= 0.3 is 0 Å². The monoisotopic (exact) mass is 326 g/mol. The number of hydrogen-bond donors (Lipinski definition) is 1. The number of benzene rings is 1. The van der Waals surface area contributed by atoms with Gasteiger partial charge in [0.2, 0.25) is 5.95 Å². The van der Waals surface area contributed by atoms with Gasteiger partial charge in [0, 0.05) is 32.1 Å². The highest BCUT2D eigenvalue weighted by molar-refractivity contribution is 5.54. The van der Waals surface area contributed by atoms with Crippen molar-refractivity contribution in [1.29, 1.82) is 0 Å². The van der Waals surface area contributed by atoms with Crippen molar-refractivity contribution < 1.29 is 4.39 Å². The van der Waals surface area contributed by atoms with Crippen LogP contribution in [0.3, 0.4) is 0 Å². The minimum atomic E-state index is -0.241. The lowest BCUT2D eigenvalue weighted by Crippen LogP contribution is -2.13. The Bertz CT molecular complexity index is 825. The average molecular weight is 326 g/mol. The highest BCUT2D eigenvalue weighted by Crippen LogP contribution is 2.18. The summed E-state index contributed by atoms with van der Waals surface area (Å²) in [6.45, 7) is 2.54. The van der Waals surface area contributed by atoms with Gasteiger partial charge in [-0.1, -0.05) is 12.1 Å². The molecule has 0 saturated carbocycles. The molecule has 2 aromatic heterocycles. The van der Waals surface area contributed by atoms with Crippen molar-refractivity contribution in [3.63, 3.8) is 0 Å². The van der Waals surface area contributed by atoms with Gasteiger partial charge in [0.25, 0.3) is 0 Å². The van der Waals surface area contributed by atoms with Gasteiger partial charge in [0.1, 0.15) is 11.6 Å². The van der Waals surface area contributed by atoms with Gasteiger partial charge in [-0.05, 0) is 24.6 Å². The Kier molecular flexibility index (Phi) is 4.41. The largest absolute Gasteiger partial charge is 0.362 e. The molecule has 1 N–H and O–H groups in total. The molecule has 0 atom stereocenters. The van der Waals surface area contributed by atoms with Crippen molar-refractivity contribution in [3.05, 3.63) is 59.8 Å². The SMILES string of the molecule is Cc1cnc(Nc2cnn(Cc3ccc(F)cc3)c2)nc1N(C)C. The van der Waals surface area contributed by atoms with Crippen LogP contribution in [0.2, 0.25) is 0 Å². The molecule has 124 valence electrons. The summed E-state index contributed by atoms with van der Waals surface area (Å²) in [5.74, 6) is 1.15. The number of aryl methyl sites for hydroxylation is 1. The molecular weight excluding hydrogens is 307 g/mol. The predicted octanol–water partition coefficient (Wildman–Crippen LogP) is 2.98. The molecule has 0 aliphatic heterocycles. The maximum Gasteiger partial charge on any atom is 0.229 e. The number of halogens is 1. The molecule has 0 spiro atoms. The Hall–Kier alpha value is -2.96. The van der Waals surface area contributed by atoms with Crippen molar-refractivity contribution in [3.8, 4) is 0 Å². The van der Waals surface area contributed by atoms with E-state index in [0.29, 0.717) is 12.5 Å². The normalized spacial score (nSPS) is 10.7. The molecule has 0 aliphatic carbocycles. The van der Waals surface area contributed by atoms with Gasteiger partial charge < -0.3 is 10.2 Å². The third kappa shape index (κ3) is 3.68. The first-order valence-electron chi connectivity index (χ1n) is 7.56. The maximum atomic E-state index is 12.9. The Labute approximate surface area is 140 Å². The molecule has 2 heterocycles. The van der Waals surface area contributed by atoms with Gasteiger partial charge in [-0.15, -0.1) is 0 Å². The molecule has 24 heavy (non-hydrogen) atoms. The van der Waals surface area contributed by atoms with Crippen LogP contribution < -0.4 is 10.2 Å². The van der Waals surface area contributed by atoms with Crippen LogP contribution in [0.15, 0.2) is 42.9 Å². The van der Waals surface area contributed by atoms with Gasteiger partial charge in [0.15, 0.2) is 0 Å². The van der Waals surface area contributed by atoms with Crippen LogP contribution in [-0.2, 0) is 6.54 Å². The minimum absolute atomic E-state index is 0.241. The van der Waals surface area contributed by atoms with E-state index >= 15 is 0 Å². The summed E-state index contributed by atoms with van der Waals surface area (Å²) in [5.41, 5.74) is 2.79. The van der Waals surface area contributed by atoms with Gasteiger partial charge in [-0.3, -0.25) is 4.68 Å². The zero-order valence-electron chi connectivity index (χ0n) is 13.9. The molecule has 3 rings (SSSR count). The summed E-state index contributed by atoms with van der Waals surface area (Å²) in [6.07, 6.45) is 5.36. The fourth-order valence-corrected chi connectivity index (χ4v) is 2.37. The average Bonchev–Trinajstić information content (AvgIpc) is 2.98. The second-order valence-electron chi connectivity index (χ2n) is 5.77. The second-order valence-corrected chi connectivity index (χ2v) is 5.77. The highest BCUT2D eigenvalue weighted by Gasteiger charge is 2.07. The fourth-order valence-electron chi connectivity index (χ4n) is 2.37. The van der Waals surface area contributed by atoms with E-state index in [1.54, 1.807) is 29.2 Å². The lowest BCUT2D eigenvalue weighted by molar-refractivity contribution is 0.624. The molecule has 0 fully saturated rings. The van der Waals surface area contributed by atoms with Crippen LogP contribution in [0, 0.1) is 12.7 Å². The Morgan fingerprint density at radius 2 is 1.92 bits per heavy atom. The zero-order chi connectivity index (χ0) is 17.1. The summed E-state index contributed by atoms with van der Waals surface area (Å²) in [6, 6.07) is 6.38. The number of nitrogens with one attached hydrogen (secondary N) is 1. The van der Waals surface area contributed by atoms with Crippen molar-refractivity contribution in [2.45, 2.75) is 13.5 Å². The lowest BCUT2D eigenvalue weighted by Gasteiger charge is -2.14. The molecule has 7 heteroatoms. The molecule has 1 aromatic carbocycles. The summed E-state index contributed by atoms with van der Waals surface area (Å²) >= 11 is 0. The van der Waals surface area contributed by atoms with E-state index in [1.165, 1.54) is 12.1 Å². The topological polar surface area (TPSA) is 58.9 Å². The Morgan fingerprint density at radius 3 is 2.62 bits per heavy atom. The Balaban J connectivity index is 1.72. The molecule has 0 saturated heterocycles. The molecule has 0 aliphatic rings. The van der Waals surface area contributed by atoms with Crippen molar-refractivity contribution >= 4 is 17.5 Å². The standard InChI is InChI=1S/C17H19FN6/c1-12-8-19-17(22-16(12)23(2)3)21-15-9-20-24(11-15)10-13-4-6-14(18)7-5-13/h4-9,11H,10H2,1-3H3,(H,19,21,22). The van der Waals surface area contributed by atoms with Crippen LogP contribution >= 0.6 is 0 Å².